The Morgan fingerprint density at radius 3 is 2.56 bits per heavy atom. The maximum atomic E-state index is 11.4. The molecule has 0 unspecified atom stereocenters. The smallest absolute Gasteiger partial charge is 0.332 e. The number of nitrogens with one attached hydrogen (secondary N) is 1. The number of aromatic nitrogens is 1. The number of rotatable bonds is 5. The Morgan fingerprint density at radius 1 is 1.38 bits per heavy atom. The van der Waals surface area contributed by atoms with Crippen molar-refractivity contribution in [3.63, 3.8) is 0 Å². The van der Waals surface area contributed by atoms with E-state index in [4.69, 9.17) is 10.2 Å². The van der Waals surface area contributed by atoms with Crippen LogP contribution in [0.3, 0.4) is 0 Å². The van der Waals surface area contributed by atoms with E-state index in [1.807, 2.05) is 0 Å². The lowest BCUT2D eigenvalue weighted by molar-refractivity contribution is -0.146. The normalized spacial score (nSPS) is 11.8. The van der Waals surface area contributed by atoms with E-state index >= 15 is 0 Å². The Bertz CT molecular complexity index is 366. The van der Waals surface area contributed by atoms with Gasteiger partial charge in [0.1, 0.15) is 0 Å². The summed E-state index contributed by atoms with van der Waals surface area (Å²) in [6.07, 6.45) is 1.51. The largest absolute Gasteiger partial charge is 0.479 e. The van der Waals surface area contributed by atoms with Gasteiger partial charge < -0.3 is 15.5 Å². The monoisotopic (exact) mass is 224 g/mol. The number of aliphatic hydroxyl groups is 1. The molecular weight excluding hydrogens is 212 g/mol. The Balaban J connectivity index is 2.34. The summed E-state index contributed by atoms with van der Waals surface area (Å²) in [5.41, 5.74) is 0.444. The van der Waals surface area contributed by atoms with Crippen LogP contribution in [-0.2, 0) is 4.79 Å². The number of hydrogen-bond donors (Lipinski definition) is 3. The van der Waals surface area contributed by atoms with Crippen LogP contribution in [0.2, 0.25) is 0 Å². The van der Waals surface area contributed by atoms with Gasteiger partial charge in [0.25, 0.3) is 5.91 Å². The van der Waals surface area contributed by atoms with E-state index in [1.165, 1.54) is 12.4 Å². The quantitative estimate of drug-likeness (QED) is 0.634. The van der Waals surface area contributed by atoms with Crippen LogP contribution in [0, 0.1) is 0 Å². The van der Waals surface area contributed by atoms with Crippen molar-refractivity contribution in [1.82, 2.24) is 10.3 Å². The molecule has 1 aromatic rings. The maximum Gasteiger partial charge on any atom is 0.332 e. The molecule has 0 saturated heterocycles. The van der Waals surface area contributed by atoms with Crippen molar-refractivity contribution in [2.45, 2.75) is 12.5 Å². The van der Waals surface area contributed by atoms with Crippen LogP contribution >= 0.6 is 0 Å². The molecule has 1 heterocycles. The minimum absolute atomic E-state index is 0.0217. The van der Waals surface area contributed by atoms with Crippen molar-refractivity contribution in [2.24, 2.45) is 0 Å². The fourth-order valence-corrected chi connectivity index (χ4v) is 1.05. The van der Waals surface area contributed by atoms with Crippen molar-refractivity contribution >= 4 is 11.9 Å². The zero-order valence-electron chi connectivity index (χ0n) is 8.46. The Hall–Kier alpha value is -1.95. The molecule has 3 N–H and O–H groups in total. The van der Waals surface area contributed by atoms with Gasteiger partial charge in [0.15, 0.2) is 6.10 Å². The number of carbonyl (C=O) groups is 2. The molecule has 1 rings (SSSR count). The van der Waals surface area contributed by atoms with E-state index < -0.39 is 12.1 Å². The molecule has 0 aliphatic carbocycles. The summed E-state index contributed by atoms with van der Waals surface area (Å²) < 4.78 is 0. The Morgan fingerprint density at radius 2 is 2.00 bits per heavy atom. The molecule has 0 aromatic carbocycles. The summed E-state index contributed by atoms with van der Waals surface area (Å²) >= 11 is 0. The average molecular weight is 224 g/mol. The Kier molecular flexibility index (Phi) is 4.41. The summed E-state index contributed by atoms with van der Waals surface area (Å²) in [5, 5.41) is 19.8. The summed E-state index contributed by atoms with van der Waals surface area (Å²) in [6, 6.07) is 3.09. The van der Waals surface area contributed by atoms with E-state index in [-0.39, 0.29) is 18.9 Å². The predicted octanol–water partition coefficient (Wildman–Crippen LogP) is -0.353. The highest BCUT2D eigenvalue weighted by atomic mass is 16.4. The molecule has 6 nitrogen and oxygen atoms in total. The van der Waals surface area contributed by atoms with Crippen LogP contribution < -0.4 is 5.32 Å². The van der Waals surface area contributed by atoms with Crippen molar-refractivity contribution < 1.29 is 19.8 Å². The van der Waals surface area contributed by atoms with Crippen LogP contribution in [-0.4, -0.2) is 39.7 Å². The van der Waals surface area contributed by atoms with Crippen molar-refractivity contribution in [2.75, 3.05) is 6.54 Å². The van der Waals surface area contributed by atoms with Gasteiger partial charge in [-0.3, -0.25) is 9.78 Å². The molecule has 0 saturated carbocycles. The summed E-state index contributed by atoms with van der Waals surface area (Å²) in [6.45, 7) is 0.106. The first-order chi connectivity index (χ1) is 7.61. The predicted molar refractivity (Wildman–Crippen MR) is 54.8 cm³/mol. The van der Waals surface area contributed by atoms with E-state index in [0.717, 1.165) is 0 Å². The zero-order chi connectivity index (χ0) is 12.0. The van der Waals surface area contributed by atoms with Gasteiger partial charge in [-0.2, -0.15) is 0 Å². The number of carbonyl (C=O) groups excluding carboxylic acids is 1. The molecule has 0 fully saturated rings. The second-order valence-corrected chi connectivity index (χ2v) is 3.13. The second kappa shape index (κ2) is 5.82. The maximum absolute atomic E-state index is 11.4. The van der Waals surface area contributed by atoms with Gasteiger partial charge in [-0.1, -0.05) is 0 Å². The number of aliphatic carboxylic acids is 1. The van der Waals surface area contributed by atoms with Crippen molar-refractivity contribution in [1.29, 1.82) is 0 Å². The zero-order valence-corrected chi connectivity index (χ0v) is 8.46. The third kappa shape index (κ3) is 3.66. The Labute approximate surface area is 91.9 Å². The molecule has 6 heteroatoms. The standard InChI is InChI=1S/C10H12N2O4/c13-8(10(15)16)3-6-12-9(14)7-1-4-11-5-2-7/h1-2,4-5,8,13H,3,6H2,(H,12,14)(H,15,16)/t8-/m0/s1. The van der Waals surface area contributed by atoms with Gasteiger partial charge >= 0.3 is 5.97 Å². The summed E-state index contributed by atoms with van der Waals surface area (Å²) in [5.74, 6) is -1.61. The van der Waals surface area contributed by atoms with Crippen LogP contribution in [0.1, 0.15) is 16.8 Å². The fourth-order valence-electron chi connectivity index (χ4n) is 1.05. The molecular formula is C10H12N2O4. The number of carboxylic acid groups (broad SMARTS) is 1. The third-order valence-corrected chi connectivity index (χ3v) is 1.93. The van der Waals surface area contributed by atoms with Crippen LogP contribution in [0.4, 0.5) is 0 Å². The first-order valence-electron chi connectivity index (χ1n) is 4.70. The molecule has 16 heavy (non-hydrogen) atoms. The summed E-state index contributed by atoms with van der Waals surface area (Å²) in [4.78, 5) is 25.5. The minimum Gasteiger partial charge on any atom is -0.479 e. The fraction of sp³-hybridized carbons (Fsp3) is 0.300. The van der Waals surface area contributed by atoms with Gasteiger partial charge in [-0.25, -0.2) is 4.79 Å². The number of pyridine rings is 1. The summed E-state index contributed by atoms with van der Waals surface area (Å²) in [7, 11) is 0. The average Bonchev–Trinajstić information content (AvgIpc) is 2.29. The molecule has 0 bridgehead atoms. The van der Waals surface area contributed by atoms with Crippen molar-refractivity contribution in [3.8, 4) is 0 Å². The van der Waals surface area contributed by atoms with Gasteiger partial charge in [-0.05, 0) is 12.1 Å². The lowest BCUT2D eigenvalue weighted by Crippen LogP contribution is -2.30. The van der Waals surface area contributed by atoms with Crippen LogP contribution in [0.5, 0.6) is 0 Å². The molecule has 86 valence electrons. The molecule has 0 radical (unpaired) electrons. The number of hydrogen-bond acceptors (Lipinski definition) is 4. The number of amides is 1. The first kappa shape index (κ1) is 12.1. The van der Waals surface area contributed by atoms with E-state index in [1.54, 1.807) is 12.1 Å². The minimum atomic E-state index is -1.45. The van der Waals surface area contributed by atoms with E-state index in [2.05, 4.69) is 10.3 Å². The van der Waals surface area contributed by atoms with Crippen LogP contribution in [0.25, 0.3) is 0 Å². The molecule has 1 amide bonds. The first-order valence-corrected chi connectivity index (χ1v) is 4.70. The number of carboxylic acids is 1. The van der Waals surface area contributed by atoms with E-state index in [9.17, 15) is 9.59 Å². The lowest BCUT2D eigenvalue weighted by Gasteiger charge is -2.06. The molecule has 1 atom stereocenters. The lowest BCUT2D eigenvalue weighted by atomic mass is 10.2. The van der Waals surface area contributed by atoms with Gasteiger partial charge in [0.05, 0.1) is 0 Å². The van der Waals surface area contributed by atoms with Gasteiger partial charge in [0, 0.05) is 30.9 Å². The SMILES string of the molecule is O=C(NCC[C@H](O)C(=O)O)c1ccncc1. The van der Waals surface area contributed by atoms with E-state index in [0.29, 0.717) is 5.56 Å². The molecule has 1 aromatic heterocycles. The highest BCUT2D eigenvalue weighted by Gasteiger charge is 2.13. The molecule has 0 aliphatic heterocycles. The third-order valence-electron chi connectivity index (χ3n) is 1.93. The van der Waals surface area contributed by atoms with Gasteiger partial charge in [-0.15, -0.1) is 0 Å². The second-order valence-electron chi connectivity index (χ2n) is 3.13. The molecule has 0 spiro atoms. The molecule has 0 aliphatic rings. The van der Waals surface area contributed by atoms with Gasteiger partial charge in [0.2, 0.25) is 0 Å². The van der Waals surface area contributed by atoms with Crippen molar-refractivity contribution in [3.05, 3.63) is 30.1 Å². The number of nitrogens with zero attached hydrogens (tertiary/aromatic N) is 1. The number of aliphatic hydroxyl groups excluding tert-OH is 1. The highest BCUT2D eigenvalue weighted by molar-refractivity contribution is 5.93. The topological polar surface area (TPSA) is 99.5 Å². The van der Waals surface area contributed by atoms with Crippen LogP contribution in [0.15, 0.2) is 24.5 Å². The highest BCUT2D eigenvalue weighted by Crippen LogP contribution is 1.96.